The van der Waals surface area contributed by atoms with Crippen LogP contribution in [0.2, 0.25) is 0 Å². The van der Waals surface area contributed by atoms with Gasteiger partial charge in [0.2, 0.25) is 0 Å². The van der Waals surface area contributed by atoms with Crippen molar-refractivity contribution in [1.29, 1.82) is 0 Å². The van der Waals surface area contributed by atoms with Crippen molar-refractivity contribution in [3.63, 3.8) is 0 Å². The smallest absolute Gasteiger partial charge is 0.404 e. The van der Waals surface area contributed by atoms with E-state index in [1.807, 2.05) is 0 Å². The number of hydrogen-bond acceptors (Lipinski definition) is 5. The largest absolute Gasteiger partial charge is 0.433 e. The molecule has 1 aromatic rings. The van der Waals surface area contributed by atoms with Crippen LogP contribution < -0.4 is 11.5 Å². The number of unbranched alkanes of at least 4 members (excludes halogenated alkanes) is 1. The second kappa shape index (κ2) is 5.47. The Morgan fingerprint density at radius 1 is 1.47 bits per heavy atom. The van der Waals surface area contributed by atoms with Crippen LogP contribution in [0.4, 0.5) is 5.88 Å². The predicted octanol–water partition coefficient (Wildman–Crippen LogP) is 1.32. The Morgan fingerprint density at radius 2 is 2.20 bits per heavy atom. The fraction of sp³-hybridized carbons (Fsp3) is 0.556. The van der Waals surface area contributed by atoms with Gasteiger partial charge in [-0.25, -0.2) is 0 Å². The van der Waals surface area contributed by atoms with Gasteiger partial charge < -0.3 is 15.9 Å². The molecular formula is C9H15N3O3. The molecule has 4 N–H and O–H groups in total. The lowest BCUT2D eigenvalue weighted by atomic mass is 10.1. The van der Waals surface area contributed by atoms with Crippen LogP contribution in [0.15, 0.2) is 16.5 Å². The van der Waals surface area contributed by atoms with Gasteiger partial charge >= 0.3 is 5.88 Å². The van der Waals surface area contributed by atoms with Gasteiger partial charge in [0.15, 0.2) is 0 Å². The van der Waals surface area contributed by atoms with Crippen LogP contribution in [0.5, 0.6) is 0 Å². The summed E-state index contributed by atoms with van der Waals surface area (Å²) >= 11 is 0. The average molecular weight is 213 g/mol. The van der Waals surface area contributed by atoms with Crippen LogP contribution in [0, 0.1) is 10.1 Å². The maximum Gasteiger partial charge on any atom is 0.433 e. The molecule has 0 unspecified atom stereocenters. The maximum atomic E-state index is 10.4. The van der Waals surface area contributed by atoms with E-state index >= 15 is 0 Å². The highest BCUT2D eigenvalue weighted by atomic mass is 16.6. The van der Waals surface area contributed by atoms with Crippen LogP contribution in [0.1, 0.15) is 31.1 Å². The molecular weight excluding hydrogens is 198 g/mol. The second-order valence-corrected chi connectivity index (χ2v) is 3.32. The van der Waals surface area contributed by atoms with Crippen molar-refractivity contribution in [1.82, 2.24) is 0 Å². The lowest BCUT2D eigenvalue weighted by molar-refractivity contribution is -0.402. The Balaban J connectivity index is 2.50. The summed E-state index contributed by atoms with van der Waals surface area (Å²) in [4.78, 5) is 9.78. The molecule has 1 atom stereocenters. The van der Waals surface area contributed by atoms with Gasteiger partial charge in [-0.1, -0.05) is 6.42 Å². The molecule has 0 aliphatic carbocycles. The van der Waals surface area contributed by atoms with Gasteiger partial charge in [0, 0.05) is 0 Å². The molecule has 6 heteroatoms. The van der Waals surface area contributed by atoms with E-state index in [2.05, 4.69) is 0 Å². The molecule has 0 aliphatic rings. The van der Waals surface area contributed by atoms with Crippen LogP contribution in [-0.2, 0) is 0 Å². The van der Waals surface area contributed by atoms with Crippen LogP contribution >= 0.6 is 0 Å². The molecule has 0 fully saturated rings. The Bertz CT molecular complexity index is 324. The molecule has 0 amide bonds. The Hall–Kier alpha value is -1.40. The van der Waals surface area contributed by atoms with Crippen molar-refractivity contribution in [2.75, 3.05) is 6.54 Å². The van der Waals surface area contributed by atoms with Gasteiger partial charge in [-0.05, 0) is 25.5 Å². The summed E-state index contributed by atoms with van der Waals surface area (Å²) in [6, 6.07) is 2.58. The van der Waals surface area contributed by atoms with Crippen LogP contribution in [0.25, 0.3) is 0 Å². The summed E-state index contributed by atoms with van der Waals surface area (Å²) in [7, 11) is 0. The van der Waals surface area contributed by atoms with Gasteiger partial charge in [0.25, 0.3) is 0 Å². The van der Waals surface area contributed by atoms with E-state index in [0.717, 1.165) is 19.3 Å². The van der Waals surface area contributed by atoms with Crippen molar-refractivity contribution < 1.29 is 9.34 Å². The first-order chi connectivity index (χ1) is 7.15. The highest BCUT2D eigenvalue weighted by Crippen LogP contribution is 2.23. The molecule has 6 nitrogen and oxygen atoms in total. The molecule has 0 aliphatic heterocycles. The number of rotatable bonds is 6. The first-order valence-electron chi connectivity index (χ1n) is 4.85. The first kappa shape index (κ1) is 11.7. The first-order valence-corrected chi connectivity index (χ1v) is 4.85. The van der Waals surface area contributed by atoms with Gasteiger partial charge in [-0.3, -0.25) is 10.1 Å². The molecule has 0 aromatic carbocycles. The SMILES string of the molecule is NCCCC[C@H](N)c1ccc([N+](=O)[O-])o1. The van der Waals surface area contributed by atoms with E-state index in [-0.39, 0.29) is 11.9 Å². The van der Waals surface area contributed by atoms with E-state index in [0.29, 0.717) is 12.3 Å². The fourth-order valence-electron chi connectivity index (χ4n) is 1.29. The number of nitrogens with zero attached hydrogens (tertiary/aromatic N) is 1. The third kappa shape index (κ3) is 3.34. The molecule has 1 heterocycles. The minimum absolute atomic E-state index is 0.265. The zero-order valence-corrected chi connectivity index (χ0v) is 8.39. The number of hydrogen-bond donors (Lipinski definition) is 2. The fourth-order valence-corrected chi connectivity index (χ4v) is 1.29. The summed E-state index contributed by atoms with van der Waals surface area (Å²) < 4.78 is 4.98. The lowest BCUT2D eigenvalue weighted by Gasteiger charge is -2.06. The van der Waals surface area contributed by atoms with E-state index in [1.54, 1.807) is 6.07 Å². The van der Waals surface area contributed by atoms with Gasteiger partial charge in [0.1, 0.15) is 10.7 Å². The molecule has 0 spiro atoms. The molecule has 0 bridgehead atoms. The van der Waals surface area contributed by atoms with Crippen molar-refractivity contribution >= 4 is 5.88 Å². The van der Waals surface area contributed by atoms with Gasteiger partial charge in [-0.2, -0.15) is 0 Å². The molecule has 1 rings (SSSR count). The molecule has 84 valence electrons. The second-order valence-electron chi connectivity index (χ2n) is 3.32. The van der Waals surface area contributed by atoms with Crippen molar-refractivity contribution in [3.8, 4) is 0 Å². The minimum atomic E-state index is -0.573. The van der Waals surface area contributed by atoms with E-state index in [9.17, 15) is 10.1 Å². The Labute approximate surface area is 87.4 Å². The third-order valence-corrected chi connectivity index (χ3v) is 2.13. The van der Waals surface area contributed by atoms with Crippen molar-refractivity contribution in [2.45, 2.75) is 25.3 Å². The standard InChI is InChI=1S/C9H15N3O3/c10-6-2-1-3-7(11)8-4-5-9(15-8)12(13)14/h4-5,7H,1-3,6,10-11H2/t7-/m0/s1. The van der Waals surface area contributed by atoms with Gasteiger partial charge in [-0.15, -0.1) is 0 Å². The highest BCUT2D eigenvalue weighted by molar-refractivity contribution is 5.19. The monoisotopic (exact) mass is 213 g/mol. The third-order valence-electron chi connectivity index (χ3n) is 2.13. The quantitative estimate of drug-likeness (QED) is 0.420. The predicted molar refractivity (Wildman–Crippen MR) is 55.2 cm³/mol. The topological polar surface area (TPSA) is 108 Å². The average Bonchev–Trinajstić information content (AvgIpc) is 2.66. The Kier molecular flexibility index (Phi) is 4.26. The zero-order valence-electron chi connectivity index (χ0n) is 8.39. The van der Waals surface area contributed by atoms with Crippen LogP contribution in [-0.4, -0.2) is 11.5 Å². The van der Waals surface area contributed by atoms with E-state index < -0.39 is 4.92 Å². The molecule has 0 saturated carbocycles. The van der Waals surface area contributed by atoms with Crippen molar-refractivity contribution in [2.24, 2.45) is 11.5 Å². The number of furan rings is 1. The highest BCUT2D eigenvalue weighted by Gasteiger charge is 2.16. The number of nitro groups is 1. The zero-order chi connectivity index (χ0) is 11.3. The number of nitrogens with two attached hydrogens (primary N) is 2. The summed E-state index contributed by atoms with van der Waals surface area (Å²) in [5.41, 5.74) is 11.1. The van der Waals surface area contributed by atoms with Crippen LogP contribution in [0.3, 0.4) is 0 Å². The maximum absolute atomic E-state index is 10.4. The minimum Gasteiger partial charge on any atom is -0.404 e. The molecule has 0 saturated heterocycles. The summed E-state index contributed by atoms with van der Waals surface area (Å²) in [5, 5.41) is 10.4. The molecule has 1 aromatic heterocycles. The summed E-state index contributed by atoms with van der Waals surface area (Å²) in [6.07, 6.45) is 2.52. The van der Waals surface area contributed by atoms with Gasteiger partial charge in [0.05, 0.1) is 12.1 Å². The molecule has 15 heavy (non-hydrogen) atoms. The molecule has 0 radical (unpaired) electrons. The van der Waals surface area contributed by atoms with Crippen molar-refractivity contribution in [3.05, 3.63) is 28.0 Å². The normalized spacial score (nSPS) is 12.7. The van der Waals surface area contributed by atoms with E-state index in [4.69, 9.17) is 15.9 Å². The lowest BCUT2D eigenvalue weighted by Crippen LogP contribution is -2.10. The summed E-state index contributed by atoms with van der Waals surface area (Å²) in [6.45, 7) is 0.630. The van der Waals surface area contributed by atoms with E-state index in [1.165, 1.54) is 6.07 Å². The Morgan fingerprint density at radius 3 is 2.73 bits per heavy atom. The summed E-state index contributed by atoms with van der Waals surface area (Å²) in [5.74, 6) is 0.193.